The maximum atomic E-state index is 13.7. The van der Waals surface area contributed by atoms with Gasteiger partial charge in [-0.1, -0.05) is 35.0 Å². The van der Waals surface area contributed by atoms with E-state index in [1.807, 2.05) is 24.3 Å². The van der Waals surface area contributed by atoms with E-state index in [-0.39, 0.29) is 11.6 Å². The molecule has 2 rings (SSSR count). The standard InChI is InChI=1S/C15H15BrFNO/c1-2-18-10-11-4-3-5-13(8-11)19-15-7-6-12(16)9-14(15)17/h3-9,18H,2,10H2,1H3. The third-order valence-electron chi connectivity index (χ3n) is 2.60. The average Bonchev–Trinajstić information content (AvgIpc) is 2.40. The van der Waals surface area contributed by atoms with Gasteiger partial charge in [0.15, 0.2) is 11.6 Å². The highest BCUT2D eigenvalue weighted by Gasteiger charge is 2.05. The number of ether oxygens (including phenoxy) is 1. The van der Waals surface area contributed by atoms with Gasteiger partial charge in [0.1, 0.15) is 5.75 Å². The fraction of sp³-hybridized carbons (Fsp3) is 0.200. The second-order valence-corrected chi connectivity index (χ2v) is 5.02. The summed E-state index contributed by atoms with van der Waals surface area (Å²) in [7, 11) is 0. The van der Waals surface area contributed by atoms with E-state index in [9.17, 15) is 4.39 Å². The summed E-state index contributed by atoms with van der Waals surface area (Å²) in [6, 6.07) is 12.4. The van der Waals surface area contributed by atoms with E-state index < -0.39 is 0 Å². The average molecular weight is 324 g/mol. The summed E-state index contributed by atoms with van der Waals surface area (Å²) in [5.41, 5.74) is 1.11. The van der Waals surface area contributed by atoms with Gasteiger partial charge in [0.05, 0.1) is 0 Å². The van der Waals surface area contributed by atoms with E-state index >= 15 is 0 Å². The van der Waals surface area contributed by atoms with E-state index in [1.54, 1.807) is 12.1 Å². The SMILES string of the molecule is CCNCc1cccc(Oc2ccc(Br)cc2F)c1. The molecule has 0 aromatic heterocycles. The predicted molar refractivity (Wildman–Crippen MR) is 78.0 cm³/mol. The molecule has 0 saturated heterocycles. The third-order valence-corrected chi connectivity index (χ3v) is 3.09. The number of rotatable bonds is 5. The smallest absolute Gasteiger partial charge is 0.166 e. The Morgan fingerprint density at radius 3 is 2.79 bits per heavy atom. The maximum absolute atomic E-state index is 13.7. The van der Waals surface area contributed by atoms with Gasteiger partial charge in [-0.25, -0.2) is 4.39 Å². The molecule has 0 bridgehead atoms. The highest BCUT2D eigenvalue weighted by Crippen LogP contribution is 2.27. The Kier molecular flexibility index (Phi) is 4.93. The summed E-state index contributed by atoms with van der Waals surface area (Å²) in [6.07, 6.45) is 0. The van der Waals surface area contributed by atoms with Gasteiger partial charge in [-0.2, -0.15) is 0 Å². The van der Waals surface area contributed by atoms with Crippen molar-refractivity contribution in [3.05, 3.63) is 58.3 Å². The molecular weight excluding hydrogens is 309 g/mol. The van der Waals surface area contributed by atoms with Crippen LogP contribution in [-0.4, -0.2) is 6.54 Å². The fourth-order valence-electron chi connectivity index (χ4n) is 1.67. The molecule has 19 heavy (non-hydrogen) atoms. The van der Waals surface area contributed by atoms with E-state index in [4.69, 9.17) is 4.74 Å². The second kappa shape index (κ2) is 6.68. The summed E-state index contributed by atoms with van der Waals surface area (Å²) in [5, 5.41) is 3.24. The lowest BCUT2D eigenvalue weighted by atomic mass is 10.2. The lowest BCUT2D eigenvalue weighted by Crippen LogP contribution is -2.11. The van der Waals surface area contributed by atoms with Crippen molar-refractivity contribution in [1.29, 1.82) is 0 Å². The van der Waals surface area contributed by atoms with Crippen molar-refractivity contribution in [2.75, 3.05) is 6.54 Å². The second-order valence-electron chi connectivity index (χ2n) is 4.10. The summed E-state index contributed by atoms with van der Waals surface area (Å²) in [6.45, 7) is 3.74. The number of hydrogen-bond acceptors (Lipinski definition) is 2. The molecular formula is C15H15BrFNO. The first-order chi connectivity index (χ1) is 9.19. The minimum absolute atomic E-state index is 0.226. The number of nitrogens with one attached hydrogen (secondary N) is 1. The molecule has 0 fully saturated rings. The van der Waals surface area contributed by atoms with Crippen molar-refractivity contribution in [3.8, 4) is 11.5 Å². The van der Waals surface area contributed by atoms with E-state index in [1.165, 1.54) is 6.07 Å². The number of halogens is 2. The summed E-state index contributed by atoms with van der Waals surface area (Å²) < 4.78 is 19.9. The van der Waals surface area contributed by atoms with Crippen LogP contribution in [0.3, 0.4) is 0 Å². The molecule has 0 atom stereocenters. The van der Waals surface area contributed by atoms with Crippen LogP contribution in [0.2, 0.25) is 0 Å². The lowest BCUT2D eigenvalue weighted by molar-refractivity contribution is 0.441. The quantitative estimate of drug-likeness (QED) is 0.875. The zero-order valence-electron chi connectivity index (χ0n) is 10.6. The van der Waals surface area contributed by atoms with Crippen molar-refractivity contribution in [3.63, 3.8) is 0 Å². The number of benzene rings is 2. The molecule has 0 amide bonds. The third kappa shape index (κ3) is 4.04. The molecule has 0 unspecified atom stereocenters. The van der Waals surface area contributed by atoms with Gasteiger partial charge < -0.3 is 10.1 Å². The first-order valence-corrected chi connectivity index (χ1v) is 6.91. The molecule has 0 radical (unpaired) electrons. The zero-order valence-corrected chi connectivity index (χ0v) is 12.2. The Bertz CT molecular complexity index is 560. The zero-order chi connectivity index (χ0) is 13.7. The fourth-order valence-corrected chi connectivity index (χ4v) is 2.01. The molecule has 0 aliphatic carbocycles. The lowest BCUT2D eigenvalue weighted by Gasteiger charge is -2.09. The summed E-state index contributed by atoms with van der Waals surface area (Å²) in [5.74, 6) is 0.479. The van der Waals surface area contributed by atoms with Crippen LogP contribution in [0.1, 0.15) is 12.5 Å². The van der Waals surface area contributed by atoms with Crippen LogP contribution in [0, 0.1) is 5.82 Å². The molecule has 0 saturated carbocycles. The van der Waals surface area contributed by atoms with Crippen LogP contribution in [0.4, 0.5) is 4.39 Å². The van der Waals surface area contributed by atoms with Gasteiger partial charge in [0.25, 0.3) is 0 Å². The largest absolute Gasteiger partial charge is 0.454 e. The Hall–Kier alpha value is -1.39. The molecule has 0 aliphatic rings. The molecule has 0 spiro atoms. The molecule has 4 heteroatoms. The Morgan fingerprint density at radius 2 is 2.05 bits per heavy atom. The van der Waals surface area contributed by atoms with E-state index in [0.29, 0.717) is 10.2 Å². The van der Waals surface area contributed by atoms with Crippen LogP contribution in [0.5, 0.6) is 11.5 Å². The van der Waals surface area contributed by atoms with Gasteiger partial charge in [0.2, 0.25) is 0 Å². The Labute approximate surface area is 120 Å². The van der Waals surface area contributed by atoms with E-state index in [2.05, 4.69) is 28.2 Å². The molecule has 0 heterocycles. The molecule has 2 aromatic rings. The number of hydrogen-bond donors (Lipinski definition) is 1. The van der Waals surface area contributed by atoms with Crippen molar-refractivity contribution >= 4 is 15.9 Å². The molecule has 0 aliphatic heterocycles. The molecule has 1 N–H and O–H groups in total. The minimum Gasteiger partial charge on any atom is -0.454 e. The molecule has 2 nitrogen and oxygen atoms in total. The maximum Gasteiger partial charge on any atom is 0.166 e. The van der Waals surface area contributed by atoms with Crippen LogP contribution < -0.4 is 10.1 Å². The normalized spacial score (nSPS) is 10.5. The summed E-state index contributed by atoms with van der Waals surface area (Å²) >= 11 is 3.22. The van der Waals surface area contributed by atoms with Crippen LogP contribution in [-0.2, 0) is 6.54 Å². The van der Waals surface area contributed by atoms with Crippen LogP contribution >= 0.6 is 15.9 Å². The molecule has 100 valence electrons. The Morgan fingerprint density at radius 1 is 1.21 bits per heavy atom. The van der Waals surface area contributed by atoms with E-state index in [0.717, 1.165) is 18.7 Å². The van der Waals surface area contributed by atoms with Gasteiger partial charge >= 0.3 is 0 Å². The van der Waals surface area contributed by atoms with Gasteiger partial charge in [-0.15, -0.1) is 0 Å². The van der Waals surface area contributed by atoms with Gasteiger partial charge in [-0.3, -0.25) is 0 Å². The van der Waals surface area contributed by atoms with Crippen molar-refractivity contribution in [2.24, 2.45) is 0 Å². The van der Waals surface area contributed by atoms with Crippen LogP contribution in [0.15, 0.2) is 46.9 Å². The summed E-state index contributed by atoms with van der Waals surface area (Å²) in [4.78, 5) is 0. The topological polar surface area (TPSA) is 21.3 Å². The highest BCUT2D eigenvalue weighted by molar-refractivity contribution is 9.10. The first-order valence-electron chi connectivity index (χ1n) is 6.11. The van der Waals surface area contributed by atoms with Crippen molar-refractivity contribution < 1.29 is 9.13 Å². The van der Waals surface area contributed by atoms with Gasteiger partial charge in [0, 0.05) is 11.0 Å². The Balaban J connectivity index is 2.14. The van der Waals surface area contributed by atoms with Crippen molar-refractivity contribution in [1.82, 2.24) is 5.32 Å². The predicted octanol–water partition coefficient (Wildman–Crippen LogP) is 4.49. The minimum atomic E-state index is -0.383. The van der Waals surface area contributed by atoms with Crippen LogP contribution in [0.25, 0.3) is 0 Å². The monoisotopic (exact) mass is 323 g/mol. The molecule has 2 aromatic carbocycles. The first kappa shape index (κ1) is 14.0. The van der Waals surface area contributed by atoms with Gasteiger partial charge in [-0.05, 0) is 42.4 Å². The highest BCUT2D eigenvalue weighted by atomic mass is 79.9. The van der Waals surface area contributed by atoms with Crippen molar-refractivity contribution in [2.45, 2.75) is 13.5 Å².